The molecule has 2 heterocycles. The summed E-state index contributed by atoms with van der Waals surface area (Å²) in [5, 5.41) is 7.14. The number of benzene rings is 2. The summed E-state index contributed by atoms with van der Waals surface area (Å²) in [4.78, 5) is 14.7. The molecular weight excluding hydrogens is 412 g/mol. The van der Waals surface area contributed by atoms with Crippen LogP contribution in [0.4, 0.5) is 5.69 Å². The Morgan fingerprint density at radius 1 is 1.24 bits per heavy atom. The molecule has 29 heavy (non-hydrogen) atoms. The minimum absolute atomic E-state index is 0.0206. The smallest absolute Gasteiger partial charge is 0.261 e. The van der Waals surface area contributed by atoms with Crippen molar-refractivity contribution in [2.75, 3.05) is 11.3 Å². The quantitative estimate of drug-likeness (QED) is 0.663. The number of H-pyrrole nitrogens is 1. The molecule has 150 valence electrons. The Hall–Kier alpha value is -2.84. The van der Waals surface area contributed by atoms with Crippen molar-refractivity contribution < 1.29 is 13.2 Å². The van der Waals surface area contributed by atoms with Crippen LogP contribution in [0, 0.1) is 6.92 Å². The van der Waals surface area contributed by atoms with Gasteiger partial charge in [0.25, 0.3) is 15.9 Å². The Morgan fingerprint density at radius 2 is 2.07 bits per heavy atom. The van der Waals surface area contributed by atoms with E-state index in [1.165, 1.54) is 18.2 Å². The van der Waals surface area contributed by atoms with Gasteiger partial charge in [-0.05, 0) is 42.8 Å². The number of hydrogen-bond acceptors (Lipinski definition) is 4. The first-order valence-corrected chi connectivity index (χ1v) is 10.9. The van der Waals surface area contributed by atoms with Crippen molar-refractivity contribution in [2.45, 2.75) is 24.8 Å². The number of aromatic amines is 1. The van der Waals surface area contributed by atoms with Crippen LogP contribution in [0.3, 0.4) is 0 Å². The summed E-state index contributed by atoms with van der Waals surface area (Å²) in [6.07, 6.45) is 2.36. The standard InChI is InChI=1S/C20H19ClN4O3S/c1-13-3-2-4-15(9-13)24-29(27,28)16-5-6-18(21)17(10-16)20(26)25-8-7-19-14(12-25)11-22-23-19/h2-6,9-11,24H,7-8,12H2,1H3,(H,22,23). The summed E-state index contributed by atoms with van der Waals surface area (Å²) < 4.78 is 28.2. The fourth-order valence-electron chi connectivity index (χ4n) is 3.32. The molecule has 0 atom stereocenters. The van der Waals surface area contributed by atoms with E-state index < -0.39 is 10.0 Å². The number of nitrogens with zero attached hydrogens (tertiary/aromatic N) is 2. The Kier molecular flexibility index (Phi) is 5.06. The van der Waals surface area contributed by atoms with Crippen LogP contribution in [0.5, 0.6) is 0 Å². The lowest BCUT2D eigenvalue weighted by atomic mass is 10.1. The van der Waals surface area contributed by atoms with Gasteiger partial charge in [0.05, 0.1) is 21.7 Å². The molecule has 0 unspecified atom stereocenters. The molecule has 0 spiro atoms. The maximum atomic E-state index is 13.0. The molecule has 0 saturated heterocycles. The van der Waals surface area contributed by atoms with E-state index >= 15 is 0 Å². The highest BCUT2D eigenvalue weighted by molar-refractivity contribution is 7.92. The van der Waals surface area contributed by atoms with E-state index in [-0.39, 0.29) is 21.4 Å². The van der Waals surface area contributed by atoms with Crippen LogP contribution in [0.25, 0.3) is 0 Å². The summed E-state index contributed by atoms with van der Waals surface area (Å²) in [5.74, 6) is -0.311. The van der Waals surface area contributed by atoms with E-state index in [9.17, 15) is 13.2 Å². The molecule has 9 heteroatoms. The summed E-state index contributed by atoms with van der Waals surface area (Å²) in [6, 6.07) is 11.2. The van der Waals surface area contributed by atoms with Gasteiger partial charge >= 0.3 is 0 Å². The second-order valence-corrected chi connectivity index (χ2v) is 9.06. The minimum atomic E-state index is -3.87. The first-order valence-electron chi connectivity index (χ1n) is 9.03. The molecule has 1 aliphatic rings. The van der Waals surface area contributed by atoms with Gasteiger partial charge < -0.3 is 4.90 Å². The monoisotopic (exact) mass is 430 g/mol. The average Bonchev–Trinajstić information content (AvgIpc) is 3.15. The van der Waals surface area contributed by atoms with Crippen molar-refractivity contribution in [3.8, 4) is 0 Å². The Labute approximate surface area is 173 Å². The Bertz CT molecular complexity index is 1190. The number of halogens is 1. The molecule has 4 rings (SSSR count). The number of anilines is 1. The number of amides is 1. The SMILES string of the molecule is Cc1cccc(NS(=O)(=O)c2ccc(Cl)c(C(=O)N3CCc4[nH]ncc4C3)c2)c1. The molecule has 7 nitrogen and oxygen atoms in total. The van der Waals surface area contributed by atoms with E-state index in [1.54, 1.807) is 29.3 Å². The van der Waals surface area contributed by atoms with Crippen LogP contribution in [0.1, 0.15) is 27.2 Å². The van der Waals surface area contributed by atoms with Gasteiger partial charge in [-0.2, -0.15) is 5.10 Å². The van der Waals surface area contributed by atoms with Crippen LogP contribution < -0.4 is 4.72 Å². The fourth-order valence-corrected chi connectivity index (χ4v) is 4.60. The molecular formula is C20H19ClN4O3S. The van der Waals surface area contributed by atoms with Crippen molar-refractivity contribution in [3.63, 3.8) is 0 Å². The largest absolute Gasteiger partial charge is 0.334 e. The zero-order valence-electron chi connectivity index (χ0n) is 15.6. The predicted molar refractivity (Wildman–Crippen MR) is 110 cm³/mol. The van der Waals surface area contributed by atoms with Crippen LogP contribution in [-0.4, -0.2) is 36.0 Å². The van der Waals surface area contributed by atoms with Crippen LogP contribution in [0.2, 0.25) is 5.02 Å². The van der Waals surface area contributed by atoms with E-state index in [4.69, 9.17) is 11.6 Å². The maximum Gasteiger partial charge on any atom is 0.261 e. The van der Waals surface area contributed by atoms with Crippen molar-refractivity contribution in [1.29, 1.82) is 0 Å². The lowest BCUT2D eigenvalue weighted by Crippen LogP contribution is -2.36. The van der Waals surface area contributed by atoms with Gasteiger partial charge in [-0.3, -0.25) is 14.6 Å². The lowest BCUT2D eigenvalue weighted by Gasteiger charge is -2.27. The lowest BCUT2D eigenvalue weighted by molar-refractivity contribution is 0.0734. The van der Waals surface area contributed by atoms with Gasteiger partial charge in [0.2, 0.25) is 0 Å². The number of aromatic nitrogens is 2. The third-order valence-corrected chi connectivity index (χ3v) is 6.55. The molecule has 0 fully saturated rings. The summed E-state index contributed by atoms with van der Waals surface area (Å²) in [7, 11) is -3.87. The van der Waals surface area contributed by atoms with Gasteiger partial charge in [-0.25, -0.2) is 8.42 Å². The van der Waals surface area contributed by atoms with Gasteiger partial charge in [0.15, 0.2) is 0 Å². The highest BCUT2D eigenvalue weighted by Gasteiger charge is 2.26. The number of fused-ring (bicyclic) bond motifs is 1. The summed E-state index contributed by atoms with van der Waals surface area (Å²) in [6.45, 7) is 2.78. The molecule has 0 bridgehead atoms. The second-order valence-electron chi connectivity index (χ2n) is 6.97. The highest BCUT2D eigenvalue weighted by atomic mass is 35.5. The molecule has 2 N–H and O–H groups in total. The number of aryl methyl sites for hydroxylation is 1. The normalized spacial score (nSPS) is 13.8. The molecule has 1 amide bonds. The van der Waals surface area contributed by atoms with E-state index in [0.29, 0.717) is 25.2 Å². The number of hydrogen-bond donors (Lipinski definition) is 2. The van der Waals surface area contributed by atoms with E-state index in [2.05, 4.69) is 14.9 Å². The van der Waals surface area contributed by atoms with Crippen molar-refractivity contribution in [2.24, 2.45) is 0 Å². The third kappa shape index (κ3) is 3.99. The molecule has 2 aromatic carbocycles. The zero-order valence-corrected chi connectivity index (χ0v) is 17.2. The first-order chi connectivity index (χ1) is 13.8. The molecule has 0 aliphatic carbocycles. The minimum Gasteiger partial charge on any atom is -0.334 e. The Balaban J connectivity index is 1.61. The number of sulfonamides is 1. The third-order valence-electron chi connectivity index (χ3n) is 4.84. The van der Waals surface area contributed by atoms with Gasteiger partial charge in [0.1, 0.15) is 0 Å². The molecule has 1 aromatic heterocycles. The van der Waals surface area contributed by atoms with E-state index in [1.807, 2.05) is 13.0 Å². The topological polar surface area (TPSA) is 95.2 Å². The average molecular weight is 431 g/mol. The Morgan fingerprint density at radius 3 is 2.86 bits per heavy atom. The maximum absolute atomic E-state index is 13.0. The zero-order chi connectivity index (χ0) is 20.6. The van der Waals surface area contributed by atoms with Gasteiger partial charge in [0, 0.05) is 36.5 Å². The van der Waals surface area contributed by atoms with Crippen molar-refractivity contribution in [1.82, 2.24) is 15.1 Å². The van der Waals surface area contributed by atoms with Crippen molar-refractivity contribution >= 4 is 33.2 Å². The molecule has 0 saturated carbocycles. The van der Waals surface area contributed by atoms with Crippen LogP contribution >= 0.6 is 11.6 Å². The highest BCUT2D eigenvalue weighted by Crippen LogP contribution is 2.26. The van der Waals surface area contributed by atoms with Crippen LogP contribution in [-0.2, 0) is 23.0 Å². The summed E-state index contributed by atoms with van der Waals surface area (Å²) >= 11 is 6.24. The number of carbonyl (C=O) groups is 1. The summed E-state index contributed by atoms with van der Waals surface area (Å²) in [5.41, 5.74) is 3.51. The predicted octanol–water partition coefficient (Wildman–Crippen LogP) is 3.37. The van der Waals surface area contributed by atoms with E-state index in [0.717, 1.165) is 16.8 Å². The number of carbonyl (C=O) groups excluding carboxylic acids is 1. The first kappa shape index (κ1) is 19.5. The fraction of sp³-hybridized carbons (Fsp3) is 0.200. The van der Waals surface area contributed by atoms with Crippen LogP contribution in [0.15, 0.2) is 53.6 Å². The van der Waals surface area contributed by atoms with Gasteiger partial charge in [-0.15, -0.1) is 0 Å². The molecule has 1 aliphatic heterocycles. The van der Waals surface area contributed by atoms with Crippen molar-refractivity contribution in [3.05, 3.63) is 76.1 Å². The second kappa shape index (κ2) is 7.53. The van der Waals surface area contributed by atoms with Gasteiger partial charge in [-0.1, -0.05) is 23.7 Å². The number of rotatable bonds is 4. The molecule has 0 radical (unpaired) electrons. The number of nitrogens with one attached hydrogen (secondary N) is 2. The molecule has 3 aromatic rings.